The van der Waals surface area contributed by atoms with E-state index >= 15 is 0 Å². The highest BCUT2D eigenvalue weighted by Crippen LogP contribution is 2.17. The number of nitrogens with one attached hydrogen (secondary N) is 3. The molecular weight excluding hydrogens is 264 g/mol. The van der Waals surface area contributed by atoms with Crippen LogP contribution in [0, 0.1) is 0 Å². The van der Waals surface area contributed by atoms with Crippen LogP contribution in [0.15, 0.2) is 30.6 Å². The fraction of sp³-hybridized carbons (Fsp3) is 0.375. The standard InChI is InChI=1S/C16H20N4O/c1-2-14(15-18-7-8-19-15)20-16(21)12-4-3-11-5-6-17-10-13(11)9-12/h3-4,7-9,14,17H,2,5-6,10H2,1H3,(H,18,19)(H,20,21). The Balaban J connectivity index is 1.75. The van der Waals surface area contributed by atoms with E-state index in [0.717, 1.165) is 31.8 Å². The number of benzene rings is 1. The molecule has 1 aromatic carbocycles. The van der Waals surface area contributed by atoms with E-state index in [1.165, 1.54) is 11.1 Å². The molecule has 1 amide bonds. The fourth-order valence-corrected chi connectivity index (χ4v) is 2.70. The number of nitrogens with zero attached hydrogens (tertiary/aromatic N) is 1. The van der Waals surface area contributed by atoms with Crippen LogP contribution in [-0.4, -0.2) is 22.4 Å². The maximum atomic E-state index is 12.4. The molecule has 110 valence electrons. The minimum atomic E-state index is -0.0818. The first-order chi connectivity index (χ1) is 10.3. The Hall–Kier alpha value is -2.14. The zero-order valence-corrected chi connectivity index (χ0v) is 12.1. The monoisotopic (exact) mass is 284 g/mol. The zero-order chi connectivity index (χ0) is 14.7. The molecule has 0 saturated heterocycles. The molecule has 3 rings (SSSR count). The molecule has 0 spiro atoms. The third-order valence-electron chi connectivity index (χ3n) is 3.92. The van der Waals surface area contributed by atoms with Crippen LogP contribution in [-0.2, 0) is 13.0 Å². The van der Waals surface area contributed by atoms with Crippen LogP contribution in [0.4, 0.5) is 0 Å². The topological polar surface area (TPSA) is 69.8 Å². The van der Waals surface area contributed by atoms with Crippen LogP contribution in [0.2, 0.25) is 0 Å². The average Bonchev–Trinajstić information content (AvgIpc) is 3.06. The summed E-state index contributed by atoms with van der Waals surface area (Å²) in [6, 6.07) is 5.89. The summed E-state index contributed by atoms with van der Waals surface area (Å²) in [6.45, 7) is 3.88. The summed E-state index contributed by atoms with van der Waals surface area (Å²) >= 11 is 0. The van der Waals surface area contributed by atoms with E-state index in [1.807, 2.05) is 19.1 Å². The van der Waals surface area contributed by atoms with E-state index in [1.54, 1.807) is 12.4 Å². The van der Waals surface area contributed by atoms with Gasteiger partial charge < -0.3 is 15.6 Å². The molecule has 2 aromatic rings. The summed E-state index contributed by atoms with van der Waals surface area (Å²) < 4.78 is 0. The van der Waals surface area contributed by atoms with Crippen molar-refractivity contribution in [2.45, 2.75) is 32.4 Å². The predicted molar refractivity (Wildman–Crippen MR) is 80.9 cm³/mol. The van der Waals surface area contributed by atoms with E-state index in [-0.39, 0.29) is 11.9 Å². The third kappa shape index (κ3) is 2.97. The van der Waals surface area contributed by atoms with Crippen LogP contribution >= 0.6 is 0 Å². The van der Waals surface area contributed by atoms with Crippen LogP contribution in [0.25, 0.3) is 0 Å². The van der Waals surface area contributed by atoms with E-state index < -0.39 is 0 Å². The second-order valence-electron chi connectivity index (χ2n) is 5.32. The normalized spacial score (nSPS) is 15.3. The molecule has 1 atom stereocenters. The molecule has 5 nitrogen and oxygen atoms in total. The number of fused-ring (bicyclic) bond motifs is 1. The van der Waals surface area contributed by atoms with Gasteiger partial charge in [0.15, 0.2) is 0 Å². The SMILES string of the molecule is CCC(NC(=O)c1ccc2c(c1)CNCC2)c1ncc[nH]1. The van der Waals surface area contributed by atoms with Crippen LogP contribution in [0.1, 0.15) is 46.7 Å². The van der Waals surface area contributed by atoms with Gasteiger partial charge in [0.05, 0.1) is 6.04 Å². The molecule has 1 aromatic heterocycles. The third-order valence-corrected chi connectivity index (χ3v) is 3.92. The second-order valence-corrected chi connectivity index (χ2v) is 5.32. The highest BCUT2D eigenvalue weighted by molar-refractivity contribution is 5.94. The number of amides is 1. The van der Waals surface area contributed by atoms with Crippen molar-refractivity contribution in [3.8, 4) is 0 Å². The van der Waals surface area contributed by atoms with Gasteiger partial charge in [-0.25, -0.2) is 4.98 Å². The summed E-state index contributed by atoms with van der Waals surface area (Å²) in [6.07, 6.45) is 5.30. The highest BCUT2D eigenvalue weighted by atomic mass is 16.1. The Morgan fingerprint density at radius 1 is 1.43 bits per heavy atom. The Kier molecular flexibility index (Phi) is 4.01. The van der Waals surface area contributed by atoms with Crippen molar-refractivity contribution in [2.24, 2.45) is 0 Å². The zero-order valence-electron chi connectivity index (χ0n) is 12.1. The van der Waals surface area contributed by atoms with Crippen molar-refractivity contribution in [1.29, 1.82) is 0 Å². The van der Waals surface area contributed by atoms with Crippen molar-refractivity contribution in [3.05, 3.63) is 53.1 Å². The van der Waals surface area contributed by atoms with Gasteiger partial charge in [-0.05, 0) is 42.6 Å². The Morgan fingerprint density at radius 3 is 3.10 bits per heavy atom. The summed E-state index contributed by atoms with van der Waals surface area (Å²) in [4.78, 5) is 19.7. The average molecular weight is 284 g/mol. The van der Waals surface area contributed by atoms with Gasteiger partial charge in [0.1, 0.15) is 5.82 Å². The number of hydrogen-bond donors (Lipinski definition) is 3. The van der Waals surface area contributed by atoms with Crippen molar-refractivity contribution in [2.75, 3.05) is 6.54 Å². The molecular formula is C16H20N4O. The quantitative estimate of drug-likeness (QED) is 0.803. The number of carbonyl (C=O) groups excluding carboxylic acids is 1. The molecule has 0 bridgehead atoms. The first-order valence-electron chi connectivity index (χ1n) is 7.40. The van der Waals surface area contributed by atoms with Crippen LogP contribution in [0.5, 0.6) is 0 Å². The summed E-state index contributed by atoms with van der Waals surface area (Å²) in [5.41, 5.74) is 3.27. The molecule has 0 aliphatic carbocycles. The lowest BCUT2D eigenvalue weighted by atomic mass is 9.98. The van der Waals surface area contributed by atoms with Crippen LogP contribution < -0.4 is 10.6 Å². The van der Waals surface area contributed by atoms with Crippen molar-refractivity contribution >= 4 is 5.91 Å². The number of aromatic nitrogens is 2. The lowest BCUT2D eigenvalue weighted by Gasteiger charge is -2.19. The van der Waals surface area contributed by atoms with Gasteiger partial charge in [0, 0.05) is 24.5 Å². The van der Waals surface area contributed by atoms with Gasteiger partial charge in [-0.3, -0.25) is 4.79 Å². The van der Waals surface area contributed by atoms with E-state index in [2.05, 4.69) is 26.7 Å². The van der Waals surface area contributed by atoms with Gasteiger partial charge in [0.25, 0.3) is 5.91 Å². The maximum absolute atomic E-state index is 12.4. The Morgan fingerprint density at radius 2 is 2.33 bits per heavy atom. The minimum Gasteiger partial charge on any atom is -0.347 e. The van der Waals surface area contributed by atoms with Gasteiger partial charge in [-0.1, -0.05) is 13.0 Å². The molecule has 1 unspecified atom stereocenters. The highest BCUT2D eigenvalue weighted by Gasteiger charge is 2.17. The predicted octanol–water partition coefficient (Wildman–Crippen LogP) is 1.94. The molecule has 0 fully saturated rings. The maximum Gasteiger partial charge on any atom is 0.251 e. The van der Waals surface area contributed by atoms with E-state index in [9.17, 15) is 4.79 Å². The van der Waals surface area contributed by atoms with Gasteiger partial charge in [0.2, 0.25) is 0 Å². The van der Waals surface area contributed by atoms with Gasteiger partial charge in [-0.15, -0.1) is 0 Å². The van der Waals surface area contributed by atoms with Gasteiger partial charge >= 0.3 is 0 Å². The first kappa shape index (κ1) is 13.8. The summed E-state index contributed by atoms with van der Waals surface area (Å²) in [5, 5.41) is 6.37. The van der Waals surface area contributed by atoms with Crippen LogP contribution in [0.3, 0.4) is 0 Å². The number of rotatable bonds is 4. The van der Waals surface area contributed by atoms with Crippen molar-refractivity contribution in [3.63, 3.8) is 0 Å². The number of H-pyrrole nitrogens is 1. The molecule has 2 heterocycles. The molecule has 1 aliphatic heterocycles. The molecule has 3 N–H and O–H groups in total. The molecule has 5 heteroatoms. The lowest BCUT2D eigenvalue weighted by molar-refractivity contribution is 0.0933. The number of imidazole rings is 1. The molecule has 0 radical (unpaired) electrons. The molecule has 21 heavy (non-hydrogen) atoms. The first-order valence-corrected chi connectivity index (χ1v) is 7.40. The molecule has 0 saturated carbocycles. The van der Waals surface area contributed by atoms with E-state index in [4.69, 9.17) is 0 Å². The second kappa shape index (κ2) is 6.10. The number of hydrogen-bond acceptors (Lipinski definition) is 3. The number of carbonyl (C=O) groups is 1. The summed E-state index contributed by atoms with van der Waals surface area (Å²) in [7, 11) is 0. The van der Waals surface area contributed by atoms with E-state index in [0.29, 0.717) is 5.56 Å². The van der Waals surface area contributed by atoms with Crippen molar-refractivity contribution < 1.29 is 4.79 Å². The van der Waals surface area contributed by atoms with Gasteiger partial charge in [-0.2, -0.15) is 0 Å². The minimum absolute atomic E-state index is 0.0494. The number of aromatic amines is 1. The van der Waals surface area contributed by atoms with Crippen molar-refractivity contribution in [1.82, 2.24) is 20.6 Å². The fourth-order valence-electron chi connectivity index (χ4n) is 2.70. The molecule has 1 aliphatic rings. The Bertz CT molecular complexity index is 621. The Labute approximate surface area is 124 Å². The largest absolute Gasteiger partial charge is 0.347 e. The lowest BCUT2D eigenvalue weighted by Crippen LogP contribution is -2.29. The smallest absolute Gasteiger partial charge is 0.251 e. The summed E-state index contributed by atoms with van der Waals surface area (Å²) in [5.74, 6) is 0.747.